The van der Waals surface area contributed by atoms with Crippen molar-refractivity contribution in [3.8, 4) is 22.5 Å². The fourth-order valence-corrected chi connectivity index (χ4v) is 13.9. The van der Waals surface area contributed by atoms with Crippen molar-refractivity contribution in [2.45, 2.75) is 206 Å². The van der Waals surface area contributed by atoms with Crippen LogP contribution in [0.25, 0.3) is 33.4 Å². The lowest BCUT2D eigenvalue weighted by molar-refractivity contribution is -0.136. The summed E-state index contributed by atoms with van der Waals surface area (Å²) in [5.74, 6) is -12.9. The van der Waals surface area contributed by atoms with Crippen LogP contribution in [0.4, 0.5) is 5.69 Å². The number of hydrogen-bond acceptors (Lipinski definition) is 19. The number of nitrogens with one attached hydrogen (secondary N) is 16. The van der Waals surface area contributed by atoms with Gasteiger partial charge in [0.25, 0.3) is 5.91 Å². The number of primary amides is 3. The molecule has 9 atom stereocenters. The van der Waals surface area contributed by atoms with Crippen LogP contribution in [0, 0.1) is 28.1 Å². The van der Waals surface area contributed by atoms with Crippen LogP contribution < -0.4 is 124 Å². The molecule has 39 nitrogen and oxygen atoms in total. The molecule has 30 N–H and O–H groups in total. The molecule has 0 radical (unpaired) electrons. The number of unbranched alkanes of at least 4 members (excludes halogenated alkanes) is 1. The Bertz CT molecular complexity index is 4510. The predicted octanol–water partition coefficient (Wildman–Crippen LogP) is -1.16. The number of carbonyl (C=O) groups is 13. The van der Waals surface area contributed by atoms with E-state index in [2.05, 4.69) is 106 Å². The average molecular weight is 1710 g/mol. The van der Waals surface area contributed by atoms with E-state index in [1.165, 1.54) is 0 Å². The first-order valence-corrected chi connectivity index (χ1v) is 41.8. The highest BCUT2D eigenvalue weighted by molar-refractivity contribution is 6.10. The Labute approximate surface area is 716 Å². The minimum atomic E-state index is -1.64. The van der Waals surface area contributed by atoms with E-state index in [4.69, 9.17) is 60.8 Å². The van der Waals surface area contributed by atoms with Crippen molar-refractivity contribution in [2.24, 2.45) is 52.0 Å². The summed E-state index contributed by atoms with van der Waals surface area (Å²) in [6.45, 7) is 17.7. The van der Waals surface area contributed by atoms with Gasteiger partial charge in [-0.25, -0.2) is 4.58 Å². The van der Waals surface area contributed by atoms with Gasteiger partial charge < -0.3 is 119 Å². The standard InChI is InChI=1S/C84H127N25O14/c1-9-108(10-2)51-31-33-55-65(45-51)123-66-46-52(109(11-3)12-4)32-34-56(66)70(55)53-25-16-17-26-54(53)73(114)101-61(35-37-67(86)110)77(118)102-60(30-22-42-97-84(93)94)76(117)105-63(43-48(5)6)79(120)106-64(44-50-23-14-13-15-24-50)80(121)103-62(36-38-68(87)111)78(119)107-71(49(7)8)81(122)104-58(27-18-19-39-85)74(115)98-47-69(112)99-59(29-21-41-96-83(91)92)75(116)100-57(72(88)113)28-20-40-95-82(89)90/h13-17,23-26,31-34,45-46,48-49,57-64,71H,9-12,18-22,27-30,35-44,47,85H2,1-8H3,(H27-,86,87,88,89,90,91,92,93,94,95,96,97,98,99,100,101,102,103,104,105,106,107,110,111,112,113,114,115,116,117,118,119,120,121,122)/p+1/t57-,58-,59-,60-,61-,62-,63-,64-,71?/m0/s1. The molecule has 3 aromatic carbocycles. The van der Waals surface area contributed by atoms with E-state index in [1.54, 1.807) is 82.3 Å². The van der Waals surface area contributed by atoms with Crippen molar-refractivity contribution in [1.82, 2.24) is 73.7 Å². The van der Waals surface area contributed by atoms with Crippen molar-refractivity contribution in [1.29, 1.82) is 16.2 Å². The highest BCUT2D eigenvalue weighted by Crippen LogP contribution is 2.42. The fourth-order valence-electron chi connectivity index (χ4n) is 13.9. The van der Waals surface area contributed by atoms with E-state index >= 15 is 14.4 Å². The Balaban J connectivity index is 1.42. The Morgan fingerprint density at radius 1 is 0.455 bits per heavy atom. The van der Waals surface area contributed by atoms with E-state index in [0.717, 1.165) is 37.2 Å². The quantitative estimate of drug-likeness (QED) is 0.00717. The number of fused-ring (bicyclic) bond motifs is 2. The molecule has 0 bridgehead atoms. The van der Waals surface area contributed by atoms with Crippen LogP contribution in [0.3, 0.4) is 0 Å². The first-order chi connectivity index (χ1) is 58.5. The van der Waals surface area contributed by atoms with Crippen LogP contribution in [0.1, 0.15) is 161 Å². The van der Waals surface area contributed by atoms with Crippen LogP contribution in [-0.4, -0.2) is 208 Å². The smallest absolute Gasteiger partial charge is 0.252 e. The zero-order valence-corrected chi connectivity index (χ0v) is 71.6. The molecular formula is C84H128N25O14+. The third kappa shape index (κ3) is 33.5. The number of guanidine groups is 3. The number of benzene rings is 4. The summed E-state index contributed by atoms with van der Waals surface area (Å²) < 4.78 is 8.91. The number of amides is 13. The van der Waals surface area contributed by atoms with Gasteiger partial charge in [-0.3, -0.25) is 78.6 Å². The maximum atomic E-state index is 15.1. The molecule has 2 aliphatic rings. The van der Waals surface area contributed by atoms with Crippen LogP contribution >= 0.6 is 0 Å². The van der Waals surface area contributed by atoms with Gasteiger partial charge in [0, 0.05) is 91.9 Å². The van der Waals surface area contributed by atoms with Gasteiger partial charge in [-0.05, 0) is 159 Å². The monoisotopic (exact) mass is 1710 g/mol. The number of carbonyl (C=O) groups excluding carboxylic acids is 13. The Morgan fingerprint density at radius 3 is 1.46 bits per heavy atom. The molecule has 0 fully saturated rings. The largest absolute Gasteiger partial charge is 0.456 e. The van der Waals surface area contributed by atoms with Gasteiger partial charge in [-0.1, -0.05) is 76.2 Å². The molecule has 0 spiro atoms. The third-order valence-electron chi connectivity index (χ3n) is 20.4. The van der Waals surface area contributed by atoms with Crippen molar-refractivity contribution in [2.75, 3.05) is 63.8 Å². The van der Waals surface area contributed by atoms with E-state index in [1.807, 2.05) is 36.4 Å². The SMILES string of the molecule is CCN(CC)c1ccc2c(-c3ccccc3C(=O)N[C@@H](CCC(N)=O)C(=O)N[C@@H](CCCNC(=N)N)C(=O)N[C@@H](CC(C)C)C(=O)N[C@@H](Cc3ccccc3)C(=O)N[C@@H](CCC(N)=O)C(=O)NC(C(=O)N[C@@H](CCCCN)C(=O)NCC(=O)N[C@@H](CCCNC(=N)N)C(=O)N[C@@H](CCCNC(=N)N)C(N)=O)C(C)C)c3ccc(=[N+](CC)CC)cc-3oc2c1. The molecule has 0 saturated carbocycles. The number of nitrogens with zero attached hydrogens (tertiary/aromatic N) is 2. The van der Waals surface area contributed by atoms with Crippen LogP contribution in [-0.2, 0) is 64.0 Å². The number of rotatable bonds is 54. The lowest BCUT2D eigenvalue weighted by Gasteiger charge is -2.29. The van der Waals surface area contributed by atoms with Gasteiger partial charge >= 0.3 is 0 Å². The van der Waals surface area contributed by atoms with Gasteiger partial charge in [0.2, 0.25) is 76.2 Å². The van der Waals surface area contributed by atoms with Gasteiger partial charge in [0.15, 0.2) is 17.9 Å². The fraction of sp³-hybridized carbons (Fsp3) is 0.512. The summed E-state index contributed by atoms with van der Waals surface area (Å²) in [7, 11) is 0. The molecule has 123 heavy (non-hydrogen) atoms. The van der Waals surface area contributed by atoms with Crippen LogP contribution in [0.2, 0.25) is 0 Å². The Kier molecular flexibility index (Phi) is 42.2. The highest BCUT2D eigenvalue weighted by atomic mass is 16.3. The van der Waals surface area contributed by atoms with Gasteiger partial charge in [0.1, 0.15) is 78.8 Å². The third-order valence-corrected chi connectivity index (χ3v) is 20.4. The first-order valence-electron chi connectivity index (χ1n) is 41.8. The number of nitrogens with two attached hydrogens (primary N) is 7. The molecular weight excluding hydrogens is 1580 g/mol. The van der Waals surface area contributed by atoms with E-state index < -0.39 is 156 Å². The molecule has 0 aromatic heterocycles. The summed E-state index contributed by atoms with van der Waals surface area (Å²) in [6.07, 6.45) is -0.857. The van der Waals surface area contributed by atoms with Crippen LogP contribution in [0.15, 0.2) is 95.4 Å². The predicted molar refractivity (Wildman–Crippen MR) is 469 cm³/mol. The number of hydrogen-bond donors (Lipinski definition) is 23. The summed E-state index contributed by atoms with van der Waals surface area (Å²) >= 11 is 0. The molecule has 1 aliphatic heterocycles. The molecule has 0 saturated heterocycles. The van der Waals surface area contributed by atoms with E-state index in [9.17, 15) is 47.9 Å². The van der Waals surface area contributed by atoms with Gasteiger partial charge in [-0.15, -0.1) is 0 Å². The van der Waals surface area contributed by atoms with Crippen molar-refractivity contribution in [3.05, 3.63) is 107 Å². The second kappa shape index (κ2) is 51.6. The topological polar surface area (TPSA) is 651 Å². The molecule has 1 heterocycles. The number of anilines is 1. The molecule has 5 rings (SSSR count). The Hall–Kier alpha value is -13.0. The molecule has 1 aliphatic carbocycles. The second-order valence-electron chi connectivity index (χ2n) is 30.7. The summed E-state index contributed by atoms with van der Waals surface area (Å²) in [5, 5.41) is 58.7. The lowest BCUT2D eigenvalue weighted by Crippen LogP contribution is -2.61. The maximum Gasteiger partial charge on any atom is 0.252 e. The zero-order valence-electron chi connectivity index (χ0n) is 71.6. The zero-order chi connectivity index (χ0) is 91.0. The summed E-state index contributed by atoms with van der Waals surface area (Å²) in [4.78, 5) is 185. The maximum absolute atomic E-state index is 15.1. The summed E-state index contributed by atoms with van der Waals surface area (Å²) in [6, 6.07) is 14.1. The minimum absolute atomic E-state index is 0.0235. The molecule has 1 unspecified atom stereocenters. The highest BCUT2D eigenvalue weighted by Gasteiger charge is 2.37. The first kappa shape index (κ1) is 101. The normalized spacial score (nSPS) is 13.3. The van der Waals surface area contributed by atoms with Gasteiger partial charge in [-0.2, -0.15) is 0 Å². The van der Waals surface area contributed by atoms with Crippen molar-refractivity contribution >= 4 is 111 Å². The van der Waals surface area contributed by atoms with Crippen molar-refractivity contribution in [3.63, 3.8) is 0 Å². The Morgan fingerprint density at radius 2 is 0.927 bits per heavy atom. The van der Waals surface area contributed by atoms with Crippen LogP contribution in [0.5, 0.6) is 0 Å². The second-order valence-corrected chi connectivity index (χ2v) is 30.7. The van der Waals surface area contributed by atoms with Gasteiger partial charge in [0.05, 0.1) is 12.6 Å². The molecule has 13 amide bonds. The molecule has 3 aromatic rings. The summed E-state index contributed by atoms with van der Waals surface area (Å²) in [5.41, 5.74) is 43.1. The van der Waals surface area contributed by atoms with E-state index in [-0.39, 0.29) is 133 Å². The molecule has 39 heteroatoms. The average Bonchev–Trinajstić information content (AvgIpc) is 0.743. The van der Waals surface area contributed by atoms with E-state index in [0.29, 0.717) is 45.4 Å². The lowest BCUT2D eigenvalue weighted by atomic mass is 9.90. The molecule has 672 valence electrons. The minimum Gasteiger partial charge on any atom is -0.456 e. The van der Waals surface area contributed by atoms with Crippen molar-refractivity contribution < 1.29 is 66.7 Å².